The van der Waals surface area contributed by atoms with Gasteiger partial charge >= 0.3 is 12.6 Å². The van der Waals surface area contributed by atoms with Gasteiger partial charge in [0, 0.05) is 19.2 Å². The number of methoxy groups -OCH3 is 1. The largest absolute Gasteiger partial charge is 0.493 e. The van der Waals surface area contributed by atoms with Crippen LogP contribution in [0.4, 0.5) is 8.78 Å². The molecule has 0 aliphatic carbocycles. The average molecular weight is 399 g/mol. The van der Waals surface area contributed by atoms with Gasteiger partial charge in [-0.3, -0.25) is 4.79 Å². The van der Waals surface area contributed by atoms with Crippen molar-refractivity contribution in [1.82, 2.24) is 4.90 Å². The molecule has 0 saturated carbocycles. The van der Waals surface area contributed by atoms with Crippen LogP contribution in [0.2, 0.25) is 0 Å². The summed E-state index contributed by atoms with van der Waals surface area (Å²) in [6.45, 7) is 1.30. The Labute approximate surface area is 161 Å². The van der Waals surface area contributed by atoms with E-state index in [1.807, 2.05) is 13.8 Å². The van der Waals surface area contributed by atoms with Crippen molar-refractivity contribution in [2.45, 2.75) is 32.7 Å². The number of halogens is 2. The van der Waals surface area contributed by atoms with Gasteiger partial charge in [-0.1, -0.05) is 6.07 Å². The van der Waals surface area contributed by atoms with Crippen LogP contribution in [0.25, 0.3) is 6.08 Å². The first kappa shape index (κ1) is 21.6. The topological polar surface area (TPSA) is 74.3 Å². The number of esters is 1. The van der Waals surface area contributed by atoms with Crippen LogP contribution < -0.4 is 9.47 Å². The molecule has 1 fully saturated rings. The molecule has 0 aromatic heterocycles. The van der Waals surface area contributed by atoms with E-state index in [4.69, 9.17) is 14.2 Å². The summed E-state index contributed by atoms with van der Waals surface area (Å²) in [7, 11) is 1.31. The van der Waals surface area contributed by atoms with Crippen LogP contribution in [-0.4, -0.2) is 62.4 Å². The molecule has 154 valence electrons. The number of morpholine rings is 1. The Bertz CT molecular complexity index is 714. The molecule has 2 rings (SSSR count). The highest BCUT2D eigenvalue weighted by molar-refractivity contribution is 5.89. The van der Waals surface area contributed by atoms with Gasteiger partial charge in [-0.2, -0.15) is 8.78 Å². The molecule has 1 aliphatic heterocycles. The number of carbonyl (C=O) groups excluding carboxylic acids is 2. The molecule has 1 amide bonds. The molecule has 0 N–H and O–H groups in total. The first-order valence-electron chi connectivity index (χ1n) is 8.69. The lowest BCUT2D eigenvalue weighted by molar-refractivity contribution is -0.154. The summed E-state index contributed by atoms with van der Waals surface area (Å²) in [4.78, 5) is 25.6. The second-order valence-corrected chi connectivity index (χ2v) is 6.29. The van der Waals surface area contributed by atoms with Gasteiger partial charge in [-0.25, -0.2) is 4.79 Å². The molecule has 9 heteroatoms. The third-order valence-corrected chi connectivity index (χ3v) is 3.93. The maximum atomic E-state index is 12.3. The molecule has 2 unspecified atom stereocenters. The molecule has 1 heterocycles. The second kappa shape index (κ2) is 10.0. The van der Waals surface area contributed by atoms with Crippen molar-refractivity contribution < 1.29 is 37.3 Å². The van der Waals surface area contributed by atoms with Crippen molar-refractivity contribution in [1.29, 1.82) is 0 Å². The lowest BCUT2D eigenvalue weighted by Gasteiger charge is -2.35. The molecule has 1 aliphatic rings. The minimum Gasteiger partial charge on any atom is -0.493 e. The fraction of sp³-hybridized carbons (Fsp3) is 0.474. The number of amides is 1. The zero-order valence-corrected chi connectivity index (χ0v) is 15.9. The first-order valence-corrected chi connectivity index (χ1v) is 8.69. The Morgan fingerprint density at radius 1 is 1.25 bits per heavy atom. The van der Waals surface area contributed by atoms with Crippen molar-refractivity contribution in [3.63, 3.8) is 0 Å². The van der Waals surface area contributed by atoms with E-state index in [-0.39, 0.29) is 36.2 Å². The third-order valence-electron chi connectivity index (χ3n) is 3.93. The van der Waals surface area contributed by atoms with Gasteiger partial charge in [0.05, 0.1) is 19.3 Å². The highest BCUT2D eigenvalue weighted by Gasteiger charge is 2.26. The minimum atomic E-state index is -2.97. The van der Waals surface area contributed by atoms with E-state index in [1.165, 1.54) is 31.4 Å². The van der Waals surface area contributed by atoms with Crippen LogP contribution in [0.1, 0.15) is 19.4 Å². The van der Waals surface area contributed by atoms with Crippen molar-refractivity contribution in [3.05, 3.63) is 29.8 Å². The van der Waals surface area contributed by atoms with Crippen molar-refractivity contribution in [2.75, 3.05) is 26.8 Å². The number of rotatable bonds is 7. The van der Waals surface area contributed by atoms with Crippen LogP contribution >= 0.6 is 0 Å². The summed E-state index contributed by atoms with van der Waals surface area (Å²) in [6, 6.07) is 4.22. The van der Waals surface area contributed by atoms with E-state index >= 15 is 0 Å². The normalized spacial score (nSPS) is 19.7. The number of nitrogens with zero attached hydrogens (tertiary/aromatic N) is 1. The summed E-state index contributed by atoms with van der Waals surface area (Å²) in [5.41, 5.74) is 0.512. The molecular formula is C19H23F2NO6. The highest BCUT2D eigenvalue weighted by atomic mass is 19.3. The van der Waals surface area contributed by atoms with Crippen molar-refractivity contribution in [2.24, 2.45) is 0 Å². The molecule has 28 heavy (non-hydrogen) atoms. The number of carbonyl (C=O) groups is 2. The Hall–Kier alpha value is -2.68. The summed E-state index contributed by atoms with van der Waals surface area (Å²) in [5, 5.41) is 0. The summed E-state index contributed by atoms with van der Waals surface area (Å²) >= 11 is 0. The van der Waals surface area contributed by atoms with E-state index in [0.29, 0.717) is 18.7 Å². The summed E-state index contributed by atoms with van der Waals surface area (Å²) in [6.07, 6.45) is 2.41. The molecule has 1 aromatic carbocycles. The van der Waals surface area contributed by atoms with Crippen LogP contribution in [0.15, 0.2) is 24.3 Å². The van der Waals surface area contributed by atoms with Gasteiger partial charge in [-0.05, 0) is 37.6 Å². The number of benzene rings is 1. The van der Waals surface area contributed by atoms with E-state index in [9.17, 15) is 18.4 Å². The van der Waals surface area contributed by atoms with Gasteiger partial charge in [0.2, 0.25) is 0 Å². The number of alkyl halides is 2. The number of hydrogen-bond acceptors (Lipinski definition) is 6. The van der Waals surface area contributed by atoms with E-state index in [1.54, 1.807) is 4.90 Å². The van der Waals surface area contributed by atoms with Gasteiger partial charge in [0.15, 0.2) is 18.1 Å². The fourth-order valence-corrected chi connectivity index (χ4v) is 2.80. The van der Waals surface area contributed by atoms with E-state index in [0.717, 1.165) is 6.08 Å². The highest BCUT2D eigenvalue weighted by Crippen LogP contribution is 2.29. The van der Waals surface area contributed by atoms with Gasteiger partial charge < -0.3 is 23.8 Å². The maximum Gasteiger partial charge on any atom is 0.387 e. The van der Waals surface area contributed by atoms with Crippen molar-refractivity contribution >= 4 is 18.0 Å². The molecule has 1 aromatic rings. The molecule has 0 bridgehead atoms. The second-order valence-electron chi connectivity index (χ2n) is 6.29. The average Bonchev–Trinajstić information content (AvgIpc) is 2.64. The lowest BCUT2D eigenvalue weighted by Crippen LogP contribution is -2.49. The summed E-state index contributed by atoms with van der Waals surface area (Å²) in [5.74, 6) is -1.01. The summed E-state index contributed by atoms with van der Waals surface area (Å²) < 4.78 is 44.5. The standard InChI is InChI=1S/C19H23F2NO6/c1-12-9-22(10-13(2)27-12)17(23)11-26-18(24)7-5-14-4-6-15(28-19(20)21)16(8-14)25-3/h4-8,12-13,19H,9-11H2,1-3H3. The quantitative estimate of drug-likeness (QED) is 0.518. The van der Waals surface area contributed by atoms with Crippen LogP contribution in [-0.2, 0) is 19.1 Å². The van der Waals surface area contributed by atoms with E-state index < -0.39 is 12.6 Å². The number of hydrogen-bond donors (Lipinski definition) is 0. The molecule has 0 radical (unpaired) electrons. The van der Waals surface area contributed by atoms with E-state index in [2.05, 4.69) is 4.74 Å². The monoisotopic (exact) mass is 399 g/mol. The predicted octanol–water partition coefficient (Wildman–Crippen LogP) is 2.49. The fourth-order valence-electron chi connectivity index (χ4n) is 2.80. The Balaban J connectivity index is 1.88. The van der Waals surface area contributed by atoms with Gasteiger partial charge in [-0.15, -0.1) is 0 Å². The van der Waals surface area contributed by atoms with Crippen LogP contribution in [0, 0.1) is 0 Å². The zero-order chi connectivity index (χ0) is 20.7. The zero-order valence-electron chi connectivity index (χ0n) is 15.9. The SMILES string of the molecule is COc1cc(C=CC(=O)OCC(=O)N2CC(C)OC(C)C2)ccc1OC(F)F. The smallest absolute Gasteiger partial charge is 0.387 e. The minimum absolute atomic E-state index is 0.0738. The van der Waals surface area contributed by atoms with Gasteiger partial charge in [0.25, 0.3) is 5.91 Å². The van der Waals surface area contributed by atoms with Gasteiger partial charge in [0.1, 0.15) is 0 Å². The molecule has 7 nitrogen and oxygen atoms in total. The number of ether oxygens (including phenoxy) is 4. The third kappa shape index (κ3) is 6.49. The van der Waals surface area contributed by atoms with Crippen LogP contribution in [0.5, 0.6) is 11.5 Å². The molecule has 1 saturated heterocycles. The molecule has 2 atom stereocenters. The lowest BCUT2D eigenvalue weighted by atomic mass is 10.2. The maximum absolute atomic E-state index is 12.3. The Morgan fingerprint density at radius 2 is 1.93 bits per heavy atom. The molecule has 0 spiro atoms. The Kier molecular flexibility index (Phi) is 7.74. The van der Waals surface area contributed by atoms with Crippen LogP contribution in [0.3, 0.4) is 0 Å². The Morgan fingerprint density at radius 3 is 2.54 bits per heavy atom. The first-order chi connectivity index (χ1) is 13.3. The van der Waals surface area contributed by atoms with Crippen molar-refractivity contribution in [3.8, 4) is 11.5 Å². The molecular weight excluding hydrogens is 376 g/mol. The predicted molar refractivity (Wildman–Crippen MR) is 96.2 cm³/mol.